The van der Waals surface area contributed by atoms with E-state index in [-0.39, 0.29) is 29.5 Å². The molecular formula is C17H21N3O5S. The van der Waals surface area contributed by atoms with Crippen LogP contribution >= 0.6 is 0 Å². The number of sulfone groups is 1. The molecule has 1 aromatic carbocycles. The predicted octanol–water partition coefficient (Wildman–Crippen LogP) is 2.43. The normalized spacial score (nSPS) is 19.5. The van der Waals surface area contributed by atoms with Gasteiger partial charge in [0, 0.05) is 18.5 Å². The van der Waals surface area contributed by atoms with Crippen molar-refractivity contribution in [2.45, 2.75) is 19.9 Å². The quantitative estimate of drug-likeness (QED) is 0.612. The van der Waals surface area contributed by atoms with E-state index < -0.39 is 21.7 Å². The third kappa shape index (κ3) is 3.78. The highest BCUT2D eigenvalue weighted by atomic mass is 32.2. The van der Waals surface area contributed by atoms with Gasteiger partial charge >= 0.3 is 0 Å². The van der Waals surface area contributed by atoms with Gasteiger partial charge in [0.05, 0.1) is 29.5 Å². The maximum absolute atomic E-state index is 12.1. The lowest BCUT2D eigenvalue weighted by Gasteiger charge is -2.06. The summed E-state index contributed by atoms with van der Waals surface area (Å²) in [5.74, 6) is -1.51. The van der Waals surface area contributed by atoms with E-state index in [1.54, 1.807) is 16.7 Å². The first-order chi connectivity index (χ1) is 12.4. The molecule has 0 aliphatic carbocycles. The Morgan fingerprint density at radius 2 is 2.15 bits per heavy atom. The highest BCUT2D eigenvalue weighted by molar-refractivity contribution is 7.91. The first-order valence-corrected chi connectivity index (χ1v) is 10.3. The number of hydrogen-bond acceptors (Lipinski definition) is 6. The van der Waals surface area contributed by atoms with Crippen molar-refractivity contribution in [1.82, 2.24) is 4.57 Å². The van der Waals surface area contributed by atoms with Gasteiger partial charge in [0.1, 0.15) is 0 Å². The van der Waals surface area contributed by atoms with Crippen LogP contribution in [0.25, 0.3) is 10.9 Å². The second-order valence-electron chi connectivity index (χ2n) is 6.18. The van der Waals surface area contributed by atoms with E-state index in [1.807, 2.05) is 19.1 Å². The van der Waals surface area contributed by atoms with Crippen LogP contribution in [0.2, 0.25) is 0 Å². The number of nitrogens with zero attached hydrogens (tertiary/aromatic N) is 3. The molecule has 1 aliphatic rings. The number of carbonyl (C=O) groups is 1. The number of hydrogen-bond donors (Lipinski definition) is 1. The Labute approximate surface area is 151 Å². The average molecular weight is 379 g/mol. The van der Waals surface area contributed by atoms with Gasteiger partial charge in [-0.05, 0) is 19.4 Å². The van der Waals surface area contributed by atoms with Crippen LogP contribution in [0.4, 0.5) is 5.69 Å². The molecule has 1 fully saturated rings. The zero-order chi connectivity index (χ0) is 18.7. The predicted molar refractivity (Wildman–Crippen MR) is 96.4 cm³/mol. The minimum absolute atomic E-state index is 0.000906. The maximum Gasteiger partial charge on any atom is 0.268 e. The summed E-state index contributed by atoms with van der Waals surface area (Å²) in [4.78, 5) is 12.1. The Morgan fingerprint density at radius 1 is 1.38 bits per heavy atom. The third-order valence-electron chi connectivity index (χ3n) is 4.41. The number of rotatable bonds is 6. The van der Waals surface area contributed by atoms with Gasteiger partial charge in [-0.2, -0.15) is 0 Å². The fraction of sp³-hybridized carbons (Fsp3) is 0.471. The molecular weight excluding hydrogens is 358 g/mol. The monoisotopic (exact) mass is 379 g/mol. The molecule has 0 spiro atoms. The second-order valence-corrected chi connectivity index (χ2v) is 8.40. The second kappa shape index (κ2) is 7.55. The number of para-hydroxylation sites is 1. The molecule has 0 radical (unpaired) electrons. The SMILES string of the molecule is CCOCCn1c(O)c(N=NC(=O)[C@H]2CCS(=O)(=O)C2)c2ccccc21. The number of ether oxygens (including phenoxy) is 1. The van der Waals surface area contributed by atoms with Crippen LogP contribution in [0.15, 0.2) is 34.5 Å². The summed E-state index contributed by atoms with van der Waals surface area (Å²) >= 11 is 0. The molecule has 1 saturated heterocycles. The zero-order valence-corrected chi connectivity index (χ0v) is 15.3. The summed E-state index contributed by atoms with van der Waals surface area (Å²) in [7, 11) is -3.16. The van der Waals surface area contributed by atoms with E-state index in [1.165, 1.54) is 0 Å². The van der Waals surface area contributed by atoms with Gasteiger partial charge in [0.25, 0.3) is 5.91 Å². The number of benzene rings is 1. The van der Waals surface area contributed by atoms with E-state index in [9.17, 15) is 18.3 Å². The molecule has 1 aromatic heterocycles. The molecule has 1 atom stereocenters. The van der Waals surface area contributed by atoms with E-state index in [4.69, 9.17) is 4.74 Å². The Balaban J connectivity index is 1.87. The highest BCUT2D eigenvalue weighted by Gasteiger charge is 2.33. The van der Waals surface area contributed by atoms with Gasteiger partial charge in [-0.15, -0.1) is 10.2 Å². The van der Waals surface area contributed by atoms with E-state index in [0.29, 0.717) is 25.1 Å². The fourth-order valence-electron chi connectivity index (χ4n) is 3.07. The fourth-order valence-corrected chi connectivity index (χ4v) is 4.80. The summed E-state index contributed by atoms with van der Waals surface area (Å²) in [6.07, 6.45) is 0.266. The molecule has 0 saturated carbocycles. The Kier molecular flexibility index (Phi) is 5.38. The minimum atomic E-state index is -3.16. The number of aromatic nitrogens is 1. The van der Waals surface area contributed by atoms with Gasteiger partial charge in [-0.25, -0.2) is 8.42 Å². The summed E-state index contributed by atoms with van der Waals surface area (Å²) in [6.45, 7) is 3.33. The number of aromatic hydroxyl groups is 1. The molecule has 26 heavy (non-hydrogen) atoms. The van der Waals surface area contributed by atoms with Crippen LogP contribution < -0.4 is 0 Å². The van der Waals surface area contributed by atoms with E-state index >= 15 is 0 Å². The number of amides is 1. The van der Waals surface area contributed by atoms with Crippen molar-refractivity contribution in [1.29, 1.82) is 0 Å². The molecule has 1 aliphatic heterocycles. The van der Waals surface area contributed by atoms with Gasteiger partial charge in [0.15, 0.2) is 15.5 Å². The van der Waals surface area contributed by atoms with Crippen molar-refractivity contribution in [3.8, 4) is 5.88 Å². The van der Waals surface area contributed by atoms with Crippen LogP contribution in [-0.2, 0) is 25.9 Å². The average Bonchev–Trinajstić information content (AvgIpc) is 3.11. The number of fused-ring (bicyclic) bond motifs is 1. The first-order valence-electron chi connectivity index (χ1n) is 8.47. The van der Waals surface area contributed by atoms with Crippen LogP contribution in [0, 0.1) is 5.92 Å². The van der Waals surface area contributed by atoms with Crippen molar-refractivity contribution >= 4 is 32.3 Å². The van der Waals surface area contributed by atoms with Gasteiger partial charge in [-0.3, -0.25) is 4.79 Å². The molecule has 0 unspecified atom stereocenters. The summed E-state index contributed by atoms with van der Waals surface area (Å²) in [5.41, 5.74) is 0.959. The van der Waals surface area contributed by atoms with Crippen LogP contribution in [-0.4, -0.2) is 48.7 Å². The largest absolute Gasteiger partial charge is 0.493 e. The van der Waals surface area contributed by atoms with Crippen molar-refractivity contribution in [2.75, 3.05) is 24.7 Å². The highest BCUT2D eigenvalue weighted by Crippen LogP contribution is 2.38. The Morgan fingerprint density at radius 3 is 2.85 bits per heavy atom. The van der Waals surface area contributed by atoms with Gasteiger partial charge in [-0.1, -0.05) is 18.2 Å². The molecule has 2 heterocycles. The zero-order valence-electron chi connectivity index (χ0n) is 14.5. The molecule has 3 rings (SSSR count). The summed E-state index contributed by atoms with van der Waals surface area (Å²) < 4.78 is 30.0. The lowest BCUT2D eigenvalue weighted by molar-refractivity contribution is -0.121. The van der Waals surface area contributed by atoms with E-state index in [2.05, 4.69) is 10.2 Å². The van der Waals surface area contributed by atoms with Crippen LogP contribution in [0.5, 0.6) is 5.88 Å². The van der Waals surface area contributed by atoms with Crippen molar-refractivity contribution in [3.05, 3.63) is 24.3 Å². The number of carbonyl (C=O) groups excluding carboxylic acids is 1. The smallest absolute Gasteiger partial charge is 0.268 e. The topological polar surface area (TPSA) is 110 Å². The molecule has 140 valence electrons. The summed E-state index contributed by atoms with van der Waals surface area (Å²) in [5, 5.41) is 18.8. The first kappa shape index (κ1) is 18.5. The van der Waals surface area contributed by atoms with Crippen molar-refractivity contribution in [2.24, 2.45) is 16.1 Å². The van der Waals surface area contributed by atoms with Crippen molar-refractivity contribution in [3.63, 3.8) is 0 Å². The lowest BCUT2D eigenvalue weighted by Crippen LogP contribution is -2.13. The van der Waals surface area contributed by atoms with Crippen LogP contribution in [0.1, 0.15) is 13.3 Å². The third-order valence-corrected chi connectivity index (χ3v) is 6.18. The molecule has 0 bridgehead atoms. The molecule has 2 aromatic rings. The van der Waals surface area contributed by atoms with Gasteiger partial charge < -0.3 is 14.4 Å². The maximum atomic E-state index is 12.1. The molecule has 9 heteroatoms. The Hall–Kier alpha value is -2.26. The lowest BCUT2D eigenvalue weighted by atomic mass is 10.1. The van der Waals surface area contributed by atoms with Crippen LogP contribution in [0.3, 0.4) is 0 Å². The minimum Gasteiger partial charge on any atom is -0.493 e. The van der Waals surface area contributed by atoms with Crippen molar-refractivity contribution < 1.29 is 23.1 Å². The van der Waals surface area contributed by atoms with Gasteiger partial charge in [0.2, 0.25) is 5.88 Å². The molecule has 1 amide bonds. The molecule has 8 nitrogen and oxygen atoms in total. The standard InChI is InChI=1S/C17H21N3O5S/c1-2-25-9-8-20-14-6-4-3-5-13(14)15(17(20)22)18-19-16(21)12-7-10-26(23,24)11-12/h3-6,12,22H,2,7-11H2,1H3/t12-/m0/s1. The Bertz CT molecular complexity index is 949. The number of azo groups is 1. The van der Waals surface area contributed by atoms with E-state index in [0.717, 1.165) is 5.52 Å². The molecule has 1 N–H and O–H groups in total. The summed E-state index contributed by atoms with van der Waals surface area (Å²) in [6, 6.07) is 7.27.